The van der Waals surface area contributed by atoms with E-state index in [2.05, 4.69) is 10.6 Å². The smallest absolute Gasteiger partial charge is 0.275 e. The zero-order valence-electron chi connectivity index (χ0n) is 10.1. The van der Waals surface area contributed by atoms with Gasteiger partial charge in [-0.3, -0.25) is 10.1 Å². The molecule has 102 valence electrons. The molecular weight excluding hydrogens is 256 g/mol. The summed E-state index contributed by atoms with van der Waals surface area (Å²) in [5, 5.41) is 16.2. The normalized spacial score (nSPS) is 14.9. The first-order chi connectivity index (χ1) is 9.08. The van der Waals surface area contributed by atoms with Crippen LogP contribution in [0.4, 0.5) is 20.2 Å². The quantitative estimate of drug-likeness (QED) is 0.499. The predicted molar refractivity (Wildman–Crippen MR) is 67.1 cm³/mol. The number of benzene rings is 1. The average molecular weight is 269 g/mol. The van der Waals surface area contributed by atoms with E-state index < -0.39 is 22.2 Å². The second kappa shape index (κ2) is 5.75. The molecule has 2 rings (SSSR count). The molecule has 1 aliphatic heterocycles. The monoisotopic (exact) mass is 269 g/mol. The summed E-state index contributed by atoms with van der Waals surface area (Å²) in [5.74, 6) is -1.91. The van der Waals surface area contributed by atoms with Crippen molar-refractivity contribution in [2.75, 3.05) is 25.0 Å². The topological polar surface area (TPSA) is 67.2 Å². The Balaban J connectivity index is 2.12. The fourth-order valence-corrected chi connectivity index (χ4v) is 1.87. The Morgan fingerprint density at radius 3 is 2.58 bits per heavy atom. The maximum Gasteiger partial charge on any atom is 0.275 e. The van der Waals surface area contributed by atoms with Crippen LogP contribution in [0.5, 0.6) is 0 Å². The maximum absolute atomic E-state index is 13.6. The summed E-state index contributed by atoms with van der Waals surface area (Å²) in [4.78, 5) is 9.63. The highest BCUT2D eigenvalue weighted by Gasteiger charge is 2.17. The molecule has 7 heteroatoms. The molecule has 0 unspecified atom stereocenters. The summed E-state index contributed by atoms with van der Waals surface area (Å²) in [6, 6.07) is 1.42. The van der Waals surface area contributed by atoms with Gasteiger partial charge in [-0.05, 0) is 13.0 Å². The van der Waals surface area contributed by atoms with Gasteiger partial charge in [-0.1, -0.05) is 11.6 Å². The van der Waals surface area contributed by atoms with Crippen molar-refractivity contribution in [2.24, 2.45) is 0 Å². The number of nitro benzene ring substituents is 1. The lowest BCUT2D eigenvalue weighted by atomic mass is 10.1. The molecule has 0 saturated heterocycles. The van der Waals surface area contributed by atoms with E-state index >= 15 is 0 Å². The molecule has 0 atom stereocenters. The van der Waals surface area contributed by atoms with Gasteiger partial charge in [0.05, 0.1) is 17.1 Å². The lowest BCUT2D eigenvalue weighted by Crippen LogP contribution is -2.23. The number of halogens is 2. The van der Waals surface area contributed by atoms with Gasteiger partial charge in [0.25, 0.3) is 5.69 Å². The molecule has 1 heterocycles. The first-order valence-corrected chi connectivity index (χ1v) is 5.84. The summed E-state index contributed by atoms with van der Waals surface area (Å²) in [7, 11) is 0. The lowest BCUT2D eigenvalue weighted by Gasteiger charge is -2.15. The van der Waals surface area contributed by atoms with Crippen molar-refractivity contribution in [3.05, 3.63) is 45.5 Å². The molecule has 0 radical (unpaired) electrons. The Morgan fingerprint density at radius 2 is 2.05 bits per heavy atom. The second-order valence-electron chi connectivity index (χ2n) is 4.21. The van der Waals surface area contributed by atoms with E-state index in [1.54, 1.807) is 0 Å². The second-order valence-corrected chi connectivity index (χ2v) is 4.21. The van der Waals surface area contributed by atoms with Crippen molar-refractivity contribution in [1.82, 2.24) is 5.32 Å². The minimum absolute atomic E-state index is 0.327. The van der Waals surface area contributed by atoms with Crippen molar-refractivity contribution >= 4 is 11.4 Å². The van der Waals surface area contributed by atoms with Gasteiger partial charge in [-0.15, -0.1) is 0 Å². The molecule has 19 heavy (non-hydrogen) atoms. The van der Waals surface area contributed by atoms with E-state index in [4.69, 9.17) is 0 Å². The number of nitro groups is 1. The SMILES string of the molecule is O=[N+]([O-])c1cc(F)c(NCC2=CCNCC2)c(F)c1. The zero-order valence-corrected chi connectivity index (χ0v) is 10.1. The van der Waals surface area contributed by atoms with Gasteiger partial charge in [-0.25, -0.2) is 8.78 Å². The number of rotatable bonds is 4. The number of nitrogens with one attached hydrogen (secondary N) is 2. The van der Waals surface area contributed by atoms with Crippen LogP contribution in [0.25, 0.3) is 0 Å². The fraction of sp³-hybridized carbons (Fsp3) is 0.333. The van der Waals surface area contributed by atoms with Crippen molar-refractivity contribution in [3.63, 3.8) is 0 Å². The van der Waals surface area contributed by atoms with Crippen LogP contribution in [-0.4, -0.2) is 24.6 Å². The van der Waals surface area contributed by atoms with E-state index in [1.165, 1.54) is 0 Å². The molecule has 0 aliphatic carbocycles. The summed E-state index contributed by atoms with van der Waals surface area (Å²) >= 11 is 0. The van der Waals surface area contributed by atoms with Crippen LogP contribution in [-0.2, 0) is 0 Å². The molecule has 5 nitrogen and oxygen atoms in total. The van der Waals surface area contributed by atoms with Crippen LogP contribution in [0.15, 0.2) is 23.8 Å². The van der Waals surface area contributed by atoms with E-state index in [9.17, 15) is 18.9 Å². The standard InChI is InChI=1S/C12H13F2N3O2/c13-10-5-9(17(18)19)6-11(14)12(10)16-7-8-1-3-15-4-2-8/h1,5-6,15-16H,2-4,7H2. The number of hydrogen-bond donors (Lipinski definition) is 2. The van der Waals surface area contributed by atoms with E-state index in [-0.39, 0.29) is 5.69 Å². The highest BCUT2D eigenvalue weighted by Crippen LogP contribution is 2.25. The molecule has 0 spiro atoms. The Morgan fingerprint density at radius 1 is 1.37 bits per heavy atom. The van der Waals surface area contributed by atoms with Crippen LogP contribution in [0.3, 0.4) is 0 Å². The molecule has 1 aromatic carbocycles. The van der Waals surface area contributed by atoms with Crippen molar-refractivity contribution in [3.8, 4) is 0 Å². The Kier molecular flexibility index (Phi) is 4.06. The number of non-ortho nitro benzene ring substituents is 1. The molecule has 0 bridgehead atoms. The summed E-state index contributed by atoms with van der Waals surface area (Å²) in [6.07, 6.45) is 2.76. The first kappa shape index (κ1) is 13.4. The van der Waals surface area contributed by atoms with E-state index in [1.807, 2.05) is 6.08 Å². The molecule has 0 saturated carbocycles. The molecule has 0 aromatic heterocycles. The van der Waals surface area contributed by atoms with Gasteiger partial charge < -0.3 is 10.6 Å². The Labute approximate surface area is 108 Å². The van der Waals surface area contributed by atoms with Crippen LogP contribution in [0.1, 0.15) is 6.42 Å². The number of hydrogen-bond acceptors (Lipinski definition) is 4. The molecule has 0 amide bonds. The highest BCUT2D eigenvalue weighted by atomic mass is 19.1. The van der Waals surface area contributed by atoms with Crippen LogP contribution in [0, 0.1) is 21.7 Å². The predicted octanol–water partition coefficient (Wildman–Crippen LogP) is 2.20. The largest absolute Gasteiger partial charge is 0.377 e. The Bertz CT molecular complexity index is 509. The van der Waals surface area contributed by atoms with Gasteiger partial charge in [0, 0.05) is 13.1 Å². The van der Waals surface area contributed by atoms with Crippen LogP contribution >= 0.6 is 0 Å². The van der Waals surface area contributed by atoms with Crippen LogP contribution in [0.2, 0.25) is 0 Å². The third-order valence-electron chi connectivity index (χ3n) is 2.89. The fourth-order valence-electron chi connectivity index (χ4n) is 1.87. The Hall–Kier alpha value is -2.02. The van der Waals surface area contributed by atoms with Crippen molar-refractivity contribution in [2.45, 2.75) is 6.42 Å². The van der Waals surface area contributed by atoms with Gasteiger partial charge in [0.2, 0.25) is 0 Å². The van der Waals surface area contributed by atoms with Gasteiger partial charge in [-0.2, -0.15) is 0 Å². The third-order valence-corrected chi connectivity index (χ3v) is 2.89. The summed E-state index contributed by atoms with van der Waals surface area (Å²) < 4.78 is 27.2. The maximum atomic E-state index is 13.6. The van der Waals surface area contributed by atoms with Crippen molar-refractivity contribution in [1.29, 1.82) is 0 Å². The summed E-state index contributed by atoms with van der Waals surface area (Å²) in [6.45, 7) is 1.90. The average Bonchev–Trinajstić information content (AvgIpc) is 2.38. The number of nitrogens with zero attached hydrogens (tertiary/aromatic N) is 1. The molecule has 2 N–H and O–H groups in total. The van der Waals surface area contributed by atoms with Gasteiger partial charge in [0.15, 0.2) is 11.6 Å². The lowest BCUT2D eigenvalue weighted by molar-refractivity contribution is -0.385. The first-order valence-electron chi connectivity index (χ1n) is 5.84. The summed E-state index contributed by atoms with van der Waals surface area (Å²) in [5.41, 5.74) is 0.127. The van der Waals surface area contributed by atoms with Gasteiger partial charge >= 0.3 is 0 Å². The van der Waals surface area contributed by atoms with Crippen molar-refractivity contribution < 1.29 is 13.7 Å². The third kappa shape index (κ3) is 3.25. The molecule has 1 aromatic rings. The molecule has 1 aliphatic rings. The zero-order chi connectivity index (χ0) is 13.8. The number of anilines is 1. The molecular formula is C12H13F2N3O2. The highest BCUT2D eigenvalue weighted by molar-refractivity contribution is 5.52. The molecule has 0 fully saturated rings. The van der Waals surface area contributed by atoms with E-state index in [0.29, 0.717) is 18.7 Å². The van der Waals surface area contributed by atoms with Gasteiger partial charge in [0.1, 0.15) is 5.69 Å². The minimum atomic E-state index is -0.957. The minimum Gasteiger partial charge on any atom is -0.377 e. The van der Waals surface area contributed by atoms with E-state index in [0.717, 1.165) is 25.1 Å². The van der Waals surface area contributed by atoms with Crippen LogP contribution < -0.4 is 10.6 Å².